The number of hydrogen-bond acceptors (Lipinski definition) is 4. The predicted molar refractivity (Wildman–Crippen MR) is 156 cm³/mol. The van der Waals surface area contributed by atoms with Crippen LogP contribution in [-0.4, -0.2) is 75.1 Å². The Hall–Kier alpha value is -3.93. The van der Waals surface area contributed by atoms with E-state index < -0.39 is 23.7 Å². The van der Waals surface area contributed by atoms with Crippen molar-refractivity contribution in [2.45, 2.75) is 63.5 Å². The van der Waals surface area contributed by atoms with Crippen molar-refractivity contribution in [2.75, 3.05) is 32.7 Å². The smallest absolute Gasteiger partial charge is 0.416 e. The lowest BCUT2D eigenvalue weighted by Gasteiger charge is -2.32. The van der Waals surface area contributed by atoms with Gasteiger partial charge in [-0.3, -0.25) is 4.79 Å². The second kappa shape index (κ2) is 14.7. The average molecular weight is 620 g/mol. The Morgan fingerprint density at radius 2 is 1.50 bits per heavy atom. The zero-order chi connectivity index (χ0) is 31.9. The molecule has 3 heterocycles. The van der Waals surface area contributed by atoms with E-state index in [2.05, 4.69) is 4.90 Å². The highest BCUT2D eigenvalue weighted by Gasteiger charge is 2.32. The third-order valence-electron chi connectivity index (χ3n) is 8.30. The van der Waals surface area contributed by atoms with Crippen molar-refractivity contribution in [2.24, 2.45) is 0 Å². The van der Waals surface area contributed by atoms with Gasteiger partial charge in [-0.2, -0.15) is 13.2 Å². The maximum absolute atomic E-state index is 13.5. The molecule has 12 heteroatoms. The van der Waals surface area contributed by atoms with Crippen LogP contribution in [0.15, 0.2) is 48.7 Å². The molecule has 8 nitrogen and oxygen atoms in total. The summed E-state index contributed by atoms with van der Waals surface area (Å²) in [5.74, 6) is -3.52. The molecule has 0 spiro atoms. The van der Waals surface area contributed by atoms with Crippen LogP contribution in [0.1, 0.15) is 68.4 Å². The van der Waals surface area contributed by atoms with Crippen molar-refractivity contribution in [3.05, 3.63) is 65.6 Å². The van der Waals surface area contributed by atoms with Gasteiger partial charge in [0.2, 0.25) is 5.91 Å². The van der Waals surface area contributed by atoms with Gasteiger partial charge in [0.1, 0.15) is 5.82 Å². The number of piperidine rings is 1. The first-order valence-corrected chi connectivity index (χ1v) is 14.9. The Balaban J connectivity index is 0.000000670. The van der Waals surface area contributed by atoms with Crippen LogP contribution in [0.25, 0.3) is 16.6 Å². The Morgan fingerprint density at radius 1 is 0.864 bits per heavy atom. The largest absolute Gasteiger partial charge is 0.473 e. The van der Waals surface area contributed by atoms with E-state index in [9.17, 15) is 22.4 Å². The summed E-state index contributed by atoms with van der Waals surface area (Å²) in [5, 5.41) is 15.4. The minimum Gasteiger partial charge on any atom is -0.473 e. The van der Waals surface area contributed by atoms with Crippen LogP contribution in [0.5, 0.6) is 0 Å². The summed E-state index contributed by atoms with van der Waals surface area (Å²) in [6, 6.07) is 9.97. The number of nitrogens with zero attached hydrogens (tertiary/aromatic N) is 3. The molecule has 0 unspecified atom stereocenters. The summed E-state index contributed by atoms with van der Waals surface area (Å²) in [6.45, 7) is 4.68. The van der Waals surface area contributed by atoms with Crippen LogP contribution in [0.3, 0.4) is 0 Å². The molecule has 0 saturated carbocycles. The second-order valence-electron chi connectivity index (χ2n) is 11.3. The number of amides is 1. The molecule has 0 radical (unpaired) electrons. The molecule has 1 aromatic heterocycles. The van der Waals surface area contributed by atoms with Gasteiger partial charge in [-0.25, -0.2) is 14.0 Å². The highest BCUT2D eigenvalue weighted by Crippen LogP contribution is 2.39. The molecule has 3 aromatic rings. The van der Waals surface area contributed by atoms with Crippen LogP contribution in [0.4, 0.5) is 17.6 Å². The topological polar surface area (TPSA) is 103 Å². The molecule has 2 fully saturated rings. The number of hydrogen-bond donors (Lipinski definition) is 2. The standard InChI is InChI=1S/C30H35F4N3O.C2H2O4/c31-24-8-10-25(11-9-24)37-21-27(26-20-23(30(32,33)34)7-12-28(26)37)22-13-18-35(19-14-22)15-3-1-2-4-16-36-17-5-6-29(36)38;3-1(4)2(5)6/h7-12,20-22H,1-6,13-19H2;(H,3,4)(H,5,6). The number of carbonyl (C=O) groups is 3. The summed E-state index contributed by atoms with van der Waals surface area (Å²) in [6.07, 6.45) is 5.49. The lowest BCUT2D eigenvalue weighted by Crippen LogP contribution is -2.33. The van der Waals surface area contributed by atoms with Crippen LogP contribution in [0, 0.1) is 5.82 Å². The van der Waals surface area contributed by atoms with Gasteiger partial charge >= 0.3 is 18.1 Å². The number of aliphatic carboxylic acids is 2. The van der Waals surface area contributed by atoms with E-state index in [0.29, 0.717) is 23.2 Å². The molecule has 0 bridgehead atoms. The van der Waals surface area contributed by atoms with E-state index in [1.807, 2.05) is 15.7 Å². The molecule has 2 saturated heterocycles. The summed E-state index contributed by atoms with van der Waals surface area (Å²) in [4.78, 5) is 34.3. The molecule has 44 heavy (non-hydrogen) atoms. The average Bonchev–Trinajstić information content (AvgIpc) is 3.58. The van der Waals surface area contributed by atoms with Gasteiger partial charge in [-0.15, -0.1) is 0 Å². The van der Waals surface area contributed by atoms with Gasteiger partial charge in [0.25, 0.3) is 0 Å². The van der Waals surface area contributed by atoms with E-state index in [0.717, 1.165) is 95.0 Å². The van der Waals surface area contributed by atoms with E-state index in [-0.39, 0.29) is 11.7 Å². The van der Waals surface area contributed by atoms with E-state index >= 15 is 0 Å². The zero-order valence-electron chi connectivity index (χ0n) is 24.4. The zero-order valence-corrected chi connectivity index (χ0v) is 24.4. The Kier molecular flexibility index (Phi) is 11.0. The highest BCUT2D eigenvalue weighted by atomic mass is 19.4. The van der Waals surface area contributed by atoms with E-state index in [1.54, 1.807) is 12.1 Å². The van der Waals surface area contributed by atoms with Gasteiger partial charge in [0.05, 0.1) is 11.1 Å². The molecule has 2 aliphatic heterocycles. The fourth-order valence-electron chi connectivity index (χ4n) is 5.97. The van der Waals surface area contributed by atoms with E-state index in [4.69, 9.17) is 19.8 Å². The van der Waals surface area contributed by atoms with Crippen LogP contribution >= 0.6 is 0 Å². The molecule has 238 valence electrons. The number of carbonyl (C=O) groups excluding carboxylic acids is 1. The van der Waals surface area contributed by atoms with Crippen molar-refractivity contribution in [1.29, 1.82) is 0 Å². The lowest BCUT2D eigenvalue weighted by atomic mass is 9.88. The van der Waals surface area contributed by atoms with Crippen LogP contribution in [-0.2, 0) is 20.6 Å². The second-order valence-corrected chi connectivity index (χ2v) is 11.3. The molecular formula is C32H37F4N3O5. The van der Waals surface area contributed by atoms with Crippen molar-refractivity contribution < 1.29 is 42.2 Å². The van der Waals surface area contributed by atoms with Gasteiger partial charge in [0, 0.05) is 36.8 Å². The quantitative estimate of drug-likeness (QED) is 0.165. The van der Waals surface area contributed by atoms with Crippen LogP contribution < -0.4 is 0 Å². The third kappa shape index (κ3) is 8.58. The minimum absolute atomic E-state index is 0.178. The molecule has 2 aromatic carbocycles. The number of carboxylic acids is 2. The van der Waals surface area contributed by atoms with Crippen molar-refractivity contribution in [3.63, 3.8) is 0 Å². The van der Waals surface area contributed by atoms with Gasteiger partial charge in [-0.05, 0) is 106 Å². The maximum atomic E-state index is 13.5. The number of benzene rings is 2. The van der Waals surface area contributed by atoms with Crippen molar-refractivity contribution in [3.8, 4) is 5.69 Å². The Labute approximate surface area is 252 Å². The van der Waals surface area contributed by atoms with Crippen molar-refractivity contribution in [1.82, 2.24) is 14.4 Å². The van der Waals surface area contributed by atoms with Crippen molar-refractivity contribution >= 4 is 28.7 Å². The molecule has 2 N–H and O–H groups in total. The number of halogens is 4. The Bertz CT molecular complexity index is 1430. The first-order valence-electron chi connectivity index (χ1n) is 14.9. The number of fused-ring (bicyclic) bond motifs is 1. The number of alkyl halides is 3. The fourth-order valence-corrected chi connectivity index (χ4v) is 5.97. The summed E-state index contributed by atoms with van der Waals surface area (Å²) < 4.78 is 56.0. The summed E-state index contributed by atoms with van der Waals surface area (Å²) in [7, 11) is 0. The summed E-state index contributed by atoms with van der Waals surface area (Å²) >= 11 is 0. The van der Waals surface area contributed by atoms with E-state index in [1.165, 1.54) is 24.3 Å². The number of carboxylic acid groups (broad SMARTS) is 2. The molecule has 0 atom stereocenters. The molecular weight excluding hydrogens is 582 g/mol. The molecule has 5 rings (SSSR count). The molecule has 0 aliphatic carbocycles. The number of aromatic nitrogens is 1. The first-order chi connectivity index (χ1) is 20.9. The van der Waals surface area contributed by atoms with Gasteiger partial charge in [-0.1, -0.05) is 12.8 Å². The van der Waals surface area contributed by atoms with Crippen LogP contribution in [0.2, 0.25) is 0 Å². The predicted octanol–water partition coefficient (Wildman–Crippen LogP) is 6.31. The van der Waals surface area contributed by atoms with Gasteiger partial charge < -0.3 is 24.6 Å². The third-order valence-corrected chi connectivity index (χ3v) is 8.30. The minimum atomic E-state index is -4.41. The maximum Gasteiger partial charge on any atom is 0.416 e. The molecule has 1 amide bonds. The summed E-state index contributed by atoms with van der Waals surface area (Å²) in [5.41, 5.74) is 1.73. The molecule has 2 aliphatic rings. The monoisotopic (exact) mass is 619 g/mol. The fraction of sp³-hybridized carbons (Fsp3) is 0.469. The Morgan fingerprint density at radius 3 is 2.07 bits per heavy atom. The normalized spacial score (nSPS) is 16.3. The van der Waals surface area contributed by atoms with Gasteiger partial charge in [0.15, 0.2) is 0 Å². The number of unbranched alkanes of at least 4 members (excludes halogenated alkanes) is 3. The number of rotatable bonds is 9. The first kappa shape index (κ1) is 33.0. The number of likely N-dealkylation sites (tertiary alicyclic amines) is 2. The lowest BCUT2D eigenvalue weighted by molar-refractivity contribution is -0.159. The SMILES string of the molecule is O=C(O)C(=O)O.O=C1CCCN1CCCCCCN1CCC(c2cn(-c3ccc(F)cc3)c3ccc(C(F)(F)F)cc23)CC1. The highest BCUT2D eigenvalue weighted by molar-refractivity contribution is 6.27.